The van der Waals surface area contributed by atoms with Gasteiger partial charge in [-0.25, -0.2) is 13.8 Å². The summed E-state index contributed by atoms with van der Waals surface area (Å²) in [5.74, 6) is 1.70. The quantitative estimate of drug-likeness (QED) is 0.639. The van der Waals surface area contributed by atoms with Crippen LogP contribution in [0, 0.1) is 18.6 Å². The monoisotopic (exact) mass is 389 g/mol. The summed E-state index contributed by atoms with van der Waals surface area (Å²) < 4.78 is 29.5. The molecule has 150 valence electrons. The molecule has 0 spiro atoms. The highest BCUT2D eigenvalue weighted by molar-refractivity contribution is 5.81. The Kier molecular flexibility index (Phi) is 5.15. The number of nitrogens with one attached hydrogen (secondary N) is 1. The van der Waals surface area contributed by atoms with Crippen molar-refractivity contribution in [1.29, 1.82) is 0 Å². The van der Waals surface area contributed by atoms with Crippen LogP contribution in [0.1, 0.15) is 24.5 Å². The third-order valence-corrected chi connectivity index (χ3v) is 5.29. The molecular weight excluding hydrogens is 364 g/mol. The molecule has 1 N–H and O–H groups in total. The molecule has 0 unspecified atom stereocenters. The molecule has 2 heterocycles. The van der Waals surface area contributed by atoms with Gasteiger partial charge in [0.1, 0.15) is 24.0 Å². The summed E-state index contributed by atoms with van der Waals surface area (Å²) in [6, 6.07) is 4.06. The SMILES string of the molecule is Cc1nnc(CN=C(NC2CC2)N2CCN(c3cc(F)ccc3F)CC2)n1C. The first-order chi connectivity index (χ1) is 13.5. The maximum atomic E-state index is 14.1. The third kappa shape index (κ3) is 4.07. The van der Waals surface area contributed by atoms with Crippen LogP contribution in [0.15, 0.2) is 23.2 Å². The van der Waals surface area contributed by atoms with Gasteiger partial charge >= 0.3 is 0 Å². The summed E-state index contributed by atoms with van der Waals surface area (Å²) in [6.45, 7) is 4.95. The van der Waals surface area contributed by atoms with Gasteiger partial charge in [0.25, 0.3) is 0 Å². The molecule has 1 aromatic carbocycles. The summed E-state index contributed by atoms with van der Waals surface area (Å²) in [5, 5.41) is 11.7. The summed E-state index contributed by atoms with van der Waals surface area (Å²) in [7, 11) is 1.93. The van der Waals surface area contributed by atoms with Crippen LogP contribution in [0.3, 0.4) is 0 Å². The molecule has 4 rings (SSSR count). The molecule has 0 amide bonds. The molecule has 1 aliphatic carbocycles. The highest BCUT2D eigenvalue weighted by Gasteiger charge is 2.27. The highest BCUT2D eigenvalue weighted by atomic mass is 19.1. The molecule has 1 saturated heterocycles. The summed E-state index contributed by atoms with van der Waals surface area (Å²) in [6.07, 6.45) is 2.30. The van der Waals surface area contributed by atoms with E-state index in [1.54, 1.807) is 0 Å². The number of anilines is 1. The first kappa shape index (κ1) is 18.6. The number of aliphatic imine (C=N–C) groups is 1. The Labute approximate surface area is 163 Å². The van der Waals surface area contributed by atoms with E-state index in [0.717, 1.165) is 36.5 Å². The van der Waals surface area contributed by atoms with Crippen molar-refractivity contribution in [3.63, 3.8) is 0 Å². The lowest BCUT2D eigenvalue weighted by atomic mass is 10.2. The zero-order valence-electron chi connectivity index (χ0n) is 16.2. The average molecular weight is 389 g/mol. The van der Waals surface area contributed by atoms with Crippen LogP contribution in [-0.2, 0) is 13.6 Å². The maximum absolute atomic E-state index is 14.1. The van der Waals surface area contributed by atoms with Crippen LogP contribution < -0.4 is 10.2 Å². The Morgan fingerprint density at radius 2 is 1.93 bits per heavy atom. The number of halogens is 2. The van der Waals surface area contributed by atoms with E-state index in [0.29, 0.717) is 44.5 Å². The van der Waals surface area contributed by atoms with Gasteiger partial charge in [-0.3, -0.25) is 0 Å². The molecule has 1 aromatic heterocycles. The minimum atomic E-state index is -0.421. The van der Waals surface area contributed by atoms with Crippen molar-refractivity contribution in [2.45, 2.75) is 32.4 Å². The third-order valence-electron chi connectivity index (χ3n) is 5.29. The summed E-state index contributed by atoms with van der Waals surface area (Å²) >= 11 is 0. The van der Waals surface area contributed by atoms with Gasteiger partial charge in [-0.2, -0.15) is 0 Å². The Hall–Kier alpha value is -2.71. The summed E-state index contributed by atoms with van der Waals surface area (Å²) in [5.41, 5.74) is 0.322. The maximum Gasteiger partial charge on any atom is 0.194 e. The van der Waals surface area contributed by atoms with Crippen LogP contribution in [0.2, 0.25) is 0 Å². The second-order valence-corrected chi connectivity index (χ2v) is 7.35. The minimum absolute atomic E-state index is 0.322. The van der Waals surface area contributed by atoms with E-state index in [-0.39, 0.29) is 0 Å². The van der Waals surface area contributed by atoms with Crippen LogP contribution in [0.5, 0.6) is 0 Å². The molecule has 1 aliphatic heterocycles. The number of nitrogens with zero attached hydrogens (tertiary/aromatic N) is 6. The predicted octanol–water partition coefficient (Wildman–Crippen LogP) is 1.83. The highest BCUT2D eigenvalue weighted by Crippen LogP contribution is 2.23. The lowest BCUT2D eigenvalue weighted by Gasteiger charge is -2.38. The van der Waals surface area contributed by atoms with E-state index < -0.39 is 11.6 Å². The Morgan fingerprint density at radius 3 is 2.57 bits per heavy atom. The fourth-order valence-electron chi connectivity index (χ4n) is 3.27. The molecule has 9 heteroatoms. The van der Waals surface area contributed by atoms with Crippen LogP contribution in [0.25, 0.3) is 0 Å². The molecule has 1 saturated carbocycles. The van der Waals surface area contributed by atoms with E-state index in [4.69, 9.17) is 4.99 Å². The Morgan fingerprint density at radius 1 is 1.18 bits per heavy atom. The topological polar surface area (TPSA) is 61.6 Å². The molecule has 7 nitrogen and oxygen atoms in total. The van der Waals surface area contributed by atoms with Crippen molar-refractivity contribution >= 4 is 11.6 Å². The summed E-state index contributed by atoms with van der Waals surface area (Å²) in [4.78, 5) is 8.82. The van der Waals surface area contributed by atoms with Gasteiger partial charge in [-0.05, 0) is 31.9 Å². The zero-order valence-corrected chi connectivity index (χ0v) is 16.2. The van der Waals surface area contributed by atoms with Gasteiger partial charge < -0.3 is 19.7 Å². The Balaban J connectivity index is 1.44. The predicted molar refractivity (Wildman–Crippen MR) is 103 cm³/mol. The van der Waals surface area contributed by atoms with Crippen LogP contribution in [-0.4, -0.2) is 57.8 Å². The van der Waals surface area contributed by atoms with E-state index in [9.17, 15) is 8.78 Å². The molecule has 0 radical (unpaired) electrons. The fraction of sp³-hybridized carbons (Fsp3) is 0.526. The molecular formula is C19H25F2N7. The second-order valence-electron chi connectivity index (χ2n) is 7.35. The smallest absolute Gasteiger partial charge is 0.194 e. The number of hydrogen-bond donors (Lipinski definition) is 1. The molecule has 2 fully saturated rings. The minimum Gasteiger partial charge on any atom is -0.366 e. The lowest BCUT2D eigenvalue weighted by molar-refractivity contribution is 0.369. The lowest BCUT2D eigenvalue weighted by Crippen LogP contribution is -2.53. The van der Waals surface area contributed by atoms with Crippen molar-refractivity contribution in [3.8, 4) is 0 Å². The van der Waals surface area contributed by atoms with E-state index in [1.165, 1.54) is 12.1 Å². The van der Waals surface area contributed by atoms with Gasteiger partial charge in [0, 0.05) is 45.3 Å². The first-order valence-corrected chi connectivity index (χ1v) is 9.62. The van der Waals surface area contributed by atoms with Crippen molar-refractivity contribution in [2.75, 3.05) is 31.1 Å². The normalized spacial score (nSPS) is 17.9. The molecule has 0 atom stereocenters. The first-order valence-electron chi connectivity index (χ1n) is 9.62. The van der Waals surface area contributed by atoms with Crippen molar-refractivity contribution in [3.05, 3.63) is 41.5 Å². The number of aryl methyl sites for hydroxylation is 1. The fourth-order valence-corrected chi connectivity index (χ4v) is 3.27. The average Bonchev–Trinajstić information content (AvgIpc) is 3.47. The number of hydrogen-bond acceptors (Lipinski definition) is 4. The van der Waals surface area contributed by atoms with Crippen molar-refractivity contribution in [2.24, 2.45) is 12.0 Å². The number of benzene rings is 1. The molecule has 28 heavy (non-hydrogen) atoms. The number of guanidine groups is 1. The molecule has 2 aliphatic rings. The molecule has 0 bridgehead atoms. The van der Waals surface area contributed by atoms with Crippen LogP contribution >= 0.6 is 0 Å². The Bertz CT molecular complexity index is 867. The van der Waals surface area contributed by atoms with Gasteiger partial charge in [-0.15, -0.1) is 10.2 Å². The second kappa shape index (κ2) is 7.73. The van der Waals surface area contributed by atoms with Gasteiger partial charge in [0.2, 0.25) is 0 Å². The van der Waals surface area contributed by atoms with Crippen molar-refractivity contribution < 1.29 is 8.78 Å². The largest absolute Gasteiger partial charge is 0.366 e. The zero-order chi connectivity index (χ0) is 19.7. The van der Waals surface area contributed by atoms with Crippen molar-refractivity contribution in [1.82, 2.24) is 25.0 Å². The molecule has 2 aromatic rings. The number of aromatic nitrogens is 3. The van der Waals surface area contributed by atoms with E-state index in [1.807, 2.05) is 23.4 Å². The number of piperazine rings is 1. The van der Waals surface area contributed by atoms with Gasteiger partial charge in [0.05, 0.1) is 5.69 Å². The van der Waals surface area contributed by atoms with Crippen LogP contribution in [0.4, 0.5) is 14.5 Å². The van der Waals surface area contributed by atoms with Gasteiger partial charge in [-0.1, -0.05) is 0 Å². The standard InChI is InChI=1S/C19H25F2N7/c1-13-24-25-18(26(13)2)12-22-19(23-15-4-5-15)28-9-7-27(8-10-28)17-11-14(20)3-6-16(17)21/h3,6,11,15H,4-5,7-10,12H2,1-2H3,(H,22,23). The number of rotatable bonds is 4. The van der Waals surface area contributed by atoms with E-state index >= 15 is 0 Å². The van der Waals surface area contributed by atoms with E-state index in [2.05, 4.69) is 20.4 Å². The van der Waals surface area contributed by atoms with Gasteiger partial charge in [0.15, 0.2) is 11.8 Å².